The van der Waals surface area contributed by atoms with E-state index in [0.29, 0.717) is 11.8 Å². The van der Waals surface area contributed by atoms with Crippen molar-refractivity contribution in [2.45, 2.75) is 44.1 Å². The second-order valence-corrected chi connectivity index (χ2v) is 9.82. The Morgan fingerprint density at radius 3 is 2.62 bits per heavy atom. The van der Waals surface area contributed by atoms with E-state index in [4.69, 9.17) is 0 Å². The van der Waals surface area contributed by atoms with Gasteiger partial charge in [0.1, 0.15) is 0 Å². The van der Waals surface area contributed by atoms with Crippen molar-refractivity contribution in [1.82, 2.24) is 9.88 Å². The van der Waals surface area contributed by atoms with E-state index in [1.165, 1.54) is 28.5 Å². The maximum Gasteiger partial charge on any atom is 0.0728 e. The first-order chi connectivity index (χ1) is 15.6. The highest BCUT2D eigenvalue weighted by atomic mass is 16.3. The molecule has 0 radical (unpaired) electrons. The van der Waals surface area contributed by atoms with Crippen molar-refractivity contribution in [2.75, 3.05) is 20.1 Å². The van der Waals surface area contributed by atoms with Crippen LogP contribution in [-0.2, 0) is 6.42 Å². The van der Waals surface area contributed by atoms with Gasteiger partial charge in [-0.25, -0.2) is 0 Å². The first-order valence-electron chi connectivity index (χ1n) is 12.1. The number of aromatic nitrogens is 1. The van der Waals surface area contributed by atoms with Crippen molar-refractivity contribution < 1.29 is 5.11 Å². The van der Waals surface area contributed by atoms with Crippen LogP contribution in [0.5, 0.6) is 0 Å². The smallest absolute Gasteiger partial charge is 0.0728 e. The van der Waals surface area contributed by atoms with E-state index in [1.807, 2.05) is 12.3 Å². The Labute approximate surface area is 191 Å². The molecule has 6 rings (SSSR count). The third kappa shape index (κ3) is 4.37. The molecule has 3 aliphatic carbocycles. The van der Waals surface area contributed by atoms with E-state index in [1.54, 1.807) is 0 Å². The number of para-hydroxylation sites is 1. The van der Waals surface area contributed by atoms with Gasteiger partial charge >= 0.3 is 0 Å². The van der Waals surface area contributed by atoms with Crippen LogP contribution in [0.15, 0.2) is 72.9 Å². The zero-order valence-corrected chi connectivity index (χ0v) is 19.1. The SMILES string of the molecule is CN(CCCc1ccnc2ccccc12)CC[C@@]1(O)C[C@@H]2CC[C@@H]1C=C2c1ccccc1. The molecule has 3 aromatic rings. The lowest BCUT2D eigenvalue weighted by Gasteiger charge is -2.48. The number of hydrogen-bond acceptors (Lipinski definition) is 3. The molecule has 0 spiro atoms. The highest BCUT2D eigenvalue weighted by Gasteiger charge is 2.46. The lowest BCUT2D eigenvalue weighted by molar-refractivity contribution is -0.0574. The summed E-state index contributed by atoms with van der Waals surface area (Å²) in [6.07, 6.45) is 10.6. The molecule has 1 aromatic heterocycles. The fourth-order valence-corrected chi connectivity index (χ4v) is 5.85. The van der Waals surface area contributed by atoms with Crippen LogP contribution in [0.2, 0.25) is 0 Å². The maximum atomic E-state index is 11.5. The third-order valence-electron chi connectivity index (χ3n) is 7.70. The summed E-state index contributed by atoms with van der Waals surface area (Å²) in [6, 6.07) is 21.3. The number of rotatable bonds is 8. The molecule has 1 fully saturated rings. The van der Waals surface area contributed by atoms with Gasteiger partial charge in [0.2, 0.25) is 0 Å². The highest BCUT2D eigenvalue weighted by molar-refractivity contribution is 5.81. The molecular formula is C29H34N2O. The van der Waals surface area contributed by atoms with E-state index >= 15 is 0 Å². The van der Waals surface area contributed by atoms with E-state index in [-0.39, 0.29) is 0 Å². The Bertz CT molecular complexity index is 1090. The minimum Gasteiger partial charge on any atom is -0.389 e. The quantitative estimate of drug-likeness (QED) is 0.499. The Kier molecular flexibility index (Phi) is 6.12. The van der Waals surface area contributed by atoms with Crippen molar-refractivity contribution in [3.05, 3.63) is 84.1 Å². The van der Waals surface area contributed by atoms with Gasteiger partial charge in [-0.1, -0.05) is 54.6 Å². The van der Waals surface area contributed by atoms with Gasteiger partial charge < -0.3 is 10.0 Å². The summed E-state index contributed by atoms with van der Waals surface area (Å²) >= 11 is 0. The van der Waals surface area contributed by atoms with Crippen LogP contribution < -0.4 is 0 Å². The van der Waals surface area contributed by atoms with Crippen molar-refractivity contribution in [2.24, 2.45) is 11.8 Å². The van der Waals surface area contributed by atoms with Crippen molar-refractivity contribution >= 4 is 16.5 Å². The summed E-state index contributed by atoms with van der Waals surface area (Å²) in [5.41, 5.74) is 4.72. The predicted molar refractivity (Wildman–Crippen MR) is 132 cm³/mol. The van der Waals surface area contributed by atoms with Crippen LogP contribution in [0.4, 0.5) is 0 Å². The van der Waals surface area contributed by atoms with Crippen molar-refractivity contribution in [3.63, 3.8) is 0 Å². The topological polar surface area (TPSA) is 36.4 Å². The van der Waals surface area contributed by atoms with Gasteiger partial charge in [0.25, 0.3) is 0 Å². The third-order valence-corrected chi connectivity index (χ3v) is 7.70. The lowest BCUT2D eigenvalue weighted by Crippen LogP contribution is -2.48. The van der Waals surface area contributed by atoms with Crippen LogP contribution in [0.1, 0.15) is 43.2 Å². The molecule has 0 unspecified atom stereocenters. The van der Waals surface area contributed by atoms with E-state index < -0.39 is 5.60 Å². The number of aliphatic hydroxyl groups is 1. The number of aryl methyl sites for hydroxylation is 1. The molecule has 1 saturated carbocycles. The fourth-order valence-electron chi connectivity index (χ4n) is 5.85. The van der Waals surface area contributed by atoms with E-state index in [2.05, 4.69) is 77.6 Å². The Balaban J connectivity index is 1.15. The van der Waals surface area contributed by atoms with Gasteiger partial charge in [0, 0.05) is 24.0 Å². The molecule has 3 atom stereocenters. The molecule has 1 N–H and O–H groups in total. The Morgan fingerprint density at radius 2 is 1.81 bits per heavy atom. The number of hydrogen-bond donors (Lipinski definition) is 1. The van der Waals surface area contributed by atoms with Gasteiger partial charge in [0.15, 0.2) is 0 Å². The summed E-state index contributed by atoms with van der Waals surface area (Å²) in [7, 11) is 2.19. The monoisotopic (exact) mass is 426 g/mol. The summed E-state index contributed by atoms with van der Waals surface area (Å²) in [6.45, 7) is 2.00. The zero-order chi connectivity index (χ0) is 22.0. The Hall–Kier alpha value is -2.49. The number of fused-ring (bicyclic) bond motifs is 3. The molecule has 32 heavy (non-hydrogen) atoms. The molecule has 0 amide bonds. The number of allylic oxidation sites excluding steroid dienone is 1. The average Bonchev–Trinajstić information content (AvgIpc) is 2.84. The largest absolute Gasteiger partial charge is 0.389 e. The summed E-state index contributed by atoms with van der Waals surface area (Å²) in [4.78, 5) is 6.87. The molecule has 0 aliphatic heterocycles. The van der Waals surface area contributed by atoms with Crippen molar-refractivity contribution in [1.29, 1.82) is 0 Å². The molecule has 3 nitrogen and oxygen atoms in total. The van der Waals surface area contributed by atoms with Gasteiger partial charge in [-0.2, -0.15) is 0 Å². The van der Waals surface area contributed by atoms with Crippen LogP contribution in [0.25, 0.3) is 16.5 Å². The molecule has 1 heterocycles. The molecule has 3 aliphatic rings. The molecule has 3 heteroatoms. The Morgan fingerprint density at radius 1 is 1.00 bits per heavy atom. The minimum absolute atomic E-state index is 0.291. The zero-order valence-electron chi connectivity index (χ0n) is 19.1. The molecule has 2 bridgehead atoms. The second kappa shape index (κ2) is 9.17. The summed E-state index contributed by atoms with van der Waals surface area (Å²) < 4.78 is 0. The van der Waals surface area contributed by atoms with Gasteiger partial charge in [-0.15, -0.1) is 0 Å². The normalized spacial score (nSPS) is 24.8. The van der Waals surface area contributed by atoms with E-state index in [9.17, 15) is 5.11 Å². The average molecular weight is 427 g/mol. The number of nitrogens with zero attached hydrogens (tertiary/aromatic N) is 2. The number of benzene rings is 2. The van der Waals surface area contributed by atoms with Crippen molar-refractivity contribution in [3.8, 4) is 0 Å². The fraction of sp³-hybridized carbons (Fsp3) is 0.414. The maximum absolute atomic E-state index is 11.5. The van der Waals surface area contributed by atoms with Gasteiger partial charge in [0.05, 0.1) is 11.1 Å². The second-order valence-electron chi connectivity index (χ2n) is 9.82. The van der Waals surface area contributed by atoms with Crippen LogP contribution in [0.3, 0.4) is 0 Å². The van der Waals surface area contributed by atoms with Gasteiger partial charge in [-0.3, -0.25) is 4.98 Å². The van der Waals surface area contributed by atoms with E-state index in [0.717, 1.165) is 50.7 Å². The predicted octanol–water partition coefficient (Wildman–Crippen LogP) is 5.73. The molecule has 0 saturated heterocycles. The van der Waals surface area contributed by atoms with Crippen LogP contribution >= 0.6 is 0 Å². The van der Waals surface area contributed by atoms with Crippen LogP contribution in [0, 0.1) is 11.8 Å². The molecular weight excluding hydrogens is 392 g/mol. The number of pyridine rings is 1. The van der Waals surface area contributed by atoms with Crippen LogP contribution in [-0.4, -0.2) is 40.7 Å². The molecule has 2 aromatic carbocycles. The highest BCUT2D eigenvalue weighted by Crippen LogP contribution is 2.51. The lowest BCUT2D eigenvalue weighted by atomic mass is 9.61. The first-order valence-corrected chi connectivity index (χ1v) is 12.1. The standard InChI is InChI=1S/C29H34N2O/c1-31(18-7-10-23-15-17-30-28-12-6-5-11-26(23)28)19-16-29(32)21-24-13-14-25(29)20-27(24)22-8-3-2-4-9-22/h2-6,8-9,11-12,15,17,20,24-25,32H,7,10,13-14,16,18-19,21H2,1H3/t24-,25+,29+/m0/s1. The minimum atomic E-state index is -0.545. The summed E-state index contributed by atoms with van der Waals surface area (Å²) in [5.74, 6) is 0.789. The molecule has 166 valence electrons. The van der Waals surface area contributed by atoms with Gasteiger partial charge in [-0.05, 0) is 86.9 Å². The first kappa shape index (κ1) is 21.4. The summed E-state index contributed by atoms with van der Waals surface area (Å²) in [5, 5.41) is 12.8.